The molecule has 1 aromatic carbocycles. The number of carbonyl (C=O) groups is 2. The largest absolute Gasteiger partial charge is 0.472 e. The third-order valence-corrected chi connectivity index (χ3v) is 2.44. The minimum absolute atomic E-state index is 0.266. The van der Waals surface area contributed by atoms with E-state index in [1.165, 1.54) is 12.5 Å². The summed E-state index contributed by atoms with van der Waals surface area (Å²) >= 11 is 0. The van der Waals surface area contributed by atoms with Crippen molar-refractivity contribution in [2.24, 2.45) is 0 Å². The molecule has 0 radical (unpaired) electrons. The molecule has 0 aliphatic rings. The lowest BCUT2D eigenvalue weighted by Gasteiger charge is -2.05. The number of carbonyl (C=O) groups excluding carboxylic acids is 2. The van der Waals surface area contributed by atoms with E-state index in [2.05, 4.69) is 5.32 Å². The van der Waals surface area contributed by atoms with Gasteiger partial charge < -0.3 is 14.5 Å². The van der Waals surface area contributed by atoms with Crippen LogP contribution in [0.5, 0.6) is 0 Å². The zero-order valence-electron chi connectivity index (χ0n) is 10.4. The summed E-state index contributed by atoms with van der Waals surface area (Å²) in [5.41, 5.74) is 1.48. The van der Waals surface area contributed by atoms with Crippen molar-refractivity contribution in [2.75, 3.05) is 11.9 Å². The average Bonchev–Trinajstić information content (AvgIpc) is 2.94. The second-order valence-corrected chi connectivity index (χ2v) is 3.76. The number of furan rings is 1. The highest BCUT2D eigenvalue weighted by atomic mass is 16.5. The molecular formula is C14H13NO4. The van der Waals surface area contributed by atoms with E-state index < -0.39 is 0 Å². The second kappa shape index (κ2) is 5.86. The van der Waals surface area contributed by atoms with Crippen LogP contribution in [0.25, 0.3) is 0 Å². The second-order valence-electron chi connectivity index (χ2n) is 3.76. The van der Waals surface area contributed by atoms with Crippen molar-refractivity contribution in [3.05, 3.63) is 54.0 Å². The SMILES string of the molecule is CCOC(=O)c1ccc(NC(=O)c2ccoc2)cc1. The van der Waals surface area contributed by atoms with E-state index in [0.717, 1.165) is 0 Å². The first-order valence-electron chi connectivity index (χ1n) is 5.81. The quantitative estimate of drug-likeness (QED) is 0.857. The maximum atomic E-state index is 11.7. The third kappa shape index (κ3) is 3.22. The molecule has 0 aliphatic carbocycles. The Balaban J connectivity index is 2.03. The number of esters is 1. The summed E-state index contributed by atoms with van der Waals surface area (Å²) in [5.74, 6) is -0.646. The molecule has 0 saturated carbocycles. The number of nitrogens with one attached hydrogen (secondary N) is 1. The molecule has 5 heteroatoms. The minimum Gasteiger partial charge on any atom is -0.472 e. The van der Waals surface area contributed by atoms with Gasteiger partial charge in [-0.3, -0.25) is 4.79 Å². The Kier molecular flexibility index (Phi) is 3.97. The van der Waals surface area contributed by atoms with E-state index in [4.69, 9.17) is 9.15 Å². The maximum Gasteiger partial charge on any atom is 0.338 e. The fourth-order valence-corrected chi connectivity index (χ4v) is 1.50. The highest BCUT2D eigenvalue weighted by molar-refractivity contribution is 6.04. The van der Waals surface area contributed by atoms with Gasteiger partial charge in [0.05, 0.1) is 24.0 Å². The monoisotopic (exact) mass is 259 g/mol. The van der Waals surface area contributed by atoms with Crippen molar-refractivity contribution in [3.8, 4) is 0 Å². The minimum atomic E-state index is -0.379. The molecular weight excluding hydrogens is 246 g/mol. The number of benzene rings is 1. The van der Waals surface area contributed by atoms with Crippen LogP contribution < -0.4 is 5.32 Å². The first kappa shape index (κ1) is 12.9. The summed E-state index contributed by atoms with van der Waals surface area (Å²) in [5, 5.41) is 2.69. The van der Waals surface area contributed by atoms with Crippen LogP contribution in [-0.4, -0.2) is 18.5 Å². The van der Waals surface area contributed by atoms with Gasteiger partial charge in [-0.1, -0.05) is 0 Å². The highest BCUT2D eigenvalue weighted by Gasteiger charge is 2.09. The molecule has 0 unspecified atom stereocenters. The Morgan fingerprint density at radius 3 is 2.47 bits per heavy atom. The van der Waals surface area contributed by atoms with E-state index in [1.54, 1.807) is 37.3 Å². The highest BCUT2D eigenvalue weighted by Crippen LogP contribution is 2.12. The number of anilines is 1. The first-order chi connectivity index (χ1) is 9.20. The fraction of sp³-hybridized carbons (Fsp3) is 0.143. The Labute approximate surface area is 110 Å². The van der Waals surface area contributed by atoms with Crippen molar-refractivity contribution < 1.29 is 18.7 Å². The van der Waals surface area contributed by atoms with Crippen molar-refractivity contribution in [1.29, 1.82) is 0 Å². The molecule has 0 atom stereocenters. The maximum absolute atomic E-state index is 11.7. The van der Waals surface area contributed by atoms with E-state index in [0.29, 0.717) is 23.4 Å². The van der Waals surface area contributed by atoms with Gasteiger partial charge >= 0.3 is 5.97 Å². The summed E-state index contributed by atoms with van der Waals surface area (Å²) in [6.45, 7) is 2.08. The van der Waals surface area contributed by atoms with Crippen LogP contribution in [0.2, 0.25) is 0 Å². The van der Waals surface area contributed by atoms with E-state index in [1.807, 2.05) is 0 Å². The average molecular weight is 259 g/mol. The first-order valence-corrected chi connectivity index (χ1v) is 5.81. The van der Waals surface area contributed by atoms with Gasteiger partial charge in [-0.15, -0.1) is 0 Å². The summed E-state index contributed by atoms with van der Waals surface area (Å²) in [6, 6.07) is 8.06. The summed E-state index contributed by atoms with van der Waals surface area (Å²) in [4.78, 5) is 23.2. The van der Waals surface area contributed by atoms with Crippen molar-refractivity contribution in [2.45, 2.75) is 6.92 Å². The Morgan fingerprint density at radius 2 is 1.89 bits per heavy atom. The van der Waals surface area contributed by atoms with Crippen LogP contribution in [0, 0.1) is 0 Å². The summed E-state index contributed by atoms with van der Waals surface area (Å²) < 4.78 is 9.70. The number of ether oxygens (including phenoxy) is 1. The fourth-order valence-electron chi connectivity index (χ4n) is 1.50. The number of hydrogen-bond donors (Lipinski definition) is 1. The standard InChI is InChI=1S/C14H13NO4/c1-2-19-14(17)10-3-5-12(6-4-10)15-13(16)11-7-8-18-9-11/h3-9H,2H2,1H3,(H,15,16). The smallest absolute Gasteiger partial charge is 0.338 e. The topological polar surface area (TPSA) is 68.5 Å². The van der Waals surface area contributed by atoms with Crippen molar-refractivity contribution in [3.63, 3.8) is 0 Å². The molecule has 19 heavy (non-hydrogen) atoms. The number of amides is 1. The zero-order valence-corrected chi connectivity index (χ0v) is 10.4. The molecule has 1 aromatic heterocycles. The van der Waals surface area contributed by atoms with Gasteiger partial charge in [0.25, 0.3) is 5.91 Å². The molecule has 0 spiro atoms. The normalized spacial score (nSPS) is 9.95. The Hall–Kier alpha value is -2.56. The van der Waals surface area contributed by atoms with Gasteiger partial charge in [-0.25, -0.2) is 4.79 Å². The molecule has 2 rings (SSSR count). The van der Waals surface area contributed by atoms with E-state index in [-0.39, 0.29) is 11.9 Å². The zero-order chi connectivity index (χ0) is 13.7. The molecule has 1 N–H and O–H groups in total. The van der Waals surface area contributed by atoms with Gasteiger partial charge in [-0.05, 0) is 37.3 Å². The van der Waals surface area contributed by atoms with Crippen molar-refractivity contribution >= 4 is 17.6 Å². The molecule has 1 heterocycles. The number of hydrogen-bond acceptors (Lipinski definition) is 4. The molecule has 98 valence electrons. The molecule has 1 amide bonds. The van der Waals surface area contributed by atoms with E-state index in [9.17, 15) is 9.59 Å². The lowest BCUT2D eigenvalue weighted by Crippen LogP contribution is -2.11. The van der Waals surface area contributed by atoms with Crippen LogP contribution in [0.1, 0.15) is 27.6 Å². The van der Waals surface area contributed by atoms with Gasteiger partial charge in [-0.2, -0.15) is 0 Å². The van der Waals surface area contributed by atoms with Gasteiger partial charge in [0.1, 0.15) is 6.26 Å². The number of rotatable bonds is 4. The molecule has 0 bridgehead atoms. The Morgan fingerprint density at radius 1 is 1.16 bits per heavy atom. The van der Waals surface area contributed by atoms with Crippen LogP contribution in [-0.2, 0) is 4.74 Å². The predicted molar refractivity (Wildman–Crippen MR) is 69.1 cm³/mol. The van der Waals surface area contributed by atoms with Crippen LogP contribution >= 0.6 is 0 Å². The van der Waals surface area contributed by atoms with Crippen LogP contribution in [0.4, 0.5) is 5.69 Å². The van der Waals surface area contributed by atoms with Crippen molar-refractivity contribution in [1.82, 2.24) is 0 Å². The Bertz CT molecular complexity index is 558. The lowest BCUT2D eigenvalue weighted by molar-refractivity contribution is 0.0526. The van der Waals surface area contributed by atoms with Crippen LogP contribution in [0.3, 0.4) is 0 Å². The molecule has 0 fully saturated rings. The summed E-state index contributed by atoms with van der Waals surface area (Å²) in [6.07, 6.45) is 2.79. The molecule has 5 nitrogen and oxygen atoms in total. The molecule has 0 aliphatic heterocycles. The van der Waals surface area contributed by atoms with Gasteiger partial charge in [0.2, 0.25) is 0 Å². The molecule has 2 aromatic rings. The van der Waals surface area contributed by atoms with E-state index >= 15 is 0 Å². The summed E-state index contributed by atoms with van der Waals surface area (Å²) in [7, 11) is 0. The third-order valence-electron chi connectivity index (χ3n) is 2.44. The lowest BCUT2D eigenvalue weighted by atomic mass is 10.2. The van der Waals surface area contributed by atoms with Crippen LogP contribution in [0.15, 0.2) is 47.3 Å². The van der Waals surface area contributed by atoms with Gasteiger partial charge in [0, 0.05) is 5.69 Å². The van der Waals surface area contributed by atoms with Gasteiger partial charge in [0.15, 0.2) is 0 Å². The predicted octanol–water partition coefficient (Wildman–Crippen LogP) is 2.71. The molecule has 0 saturated heterocycles.